The normalized spacial score (nSPS) is 11.6. The van der Waals surface area contributed by atoms with Crippen molar-refractivity contribution < 1.29 is 4.74 Å². The fourth-order valence-electron chi connectivity index (χ4n) is 1.89. The van der Waals surface area contributed by atoms with Crippen LogP contribution in [0.25, 0.3) is 5.82 Å². The van der Waals surface area contributed by atoms with Gasteiger partial charge in [-0.05, 0) is 17.9 Å². The van der Waals surface area contributed by atoms with Crippen LogP contribution in [-0.4, -0.2) is 40.0 Å². The van der Waals surface area contributed by atoms with Gasteiger partial charge in [0.1, 0.15) is 12.0 Å². The monoisotopic (exact) mass is 290 g/mol. The topological polar surface area (TPSA) is 90.9 Å². The van der Waals surface area contributed by atoms with Crippen LogP contribution in [-0.2, 0) is 4.74 Å². The molecule has 2 aromatic rings. The summed E-state index contributed by atoms with van der Waals surface area (Å²) in [6.07, 6.45) is 5.92. The summed E-state index contributed by atoms with van der Waals surface area (Å²) in [5.41, 5.74) is 6.70. The lowest BCUT2D eigenvalue weighted by Gasteiger charge is -2.25. The van der Waals surface area contributed by atoms with Crippen LogP contribution < -0.4 is 11.1 Å². The first-order chi connectivity index (χ1) is 10.0. The van der Waals surface area contributed by atoms with E-state index in [0.717, 1.165) is 19.6 Å². The van der Waals surface area contributed by atoms with Gasteiger partial charge in [-0.2, -0.15) is 5.10 Å². The second-order valence-corrected chi connectivity index (χ2v) is 5.67. The van der Waals surface area contributed by atoms with Gasteiger partial charge in [0.05, 0.1) is 0 Å². The van der Waals surface area contributed by atoms with Crippen LogP contribution in [0.4, 0.5) is 11.5 Å². The van der Waals surface area contributed by atoms with Gasteiger partial charge in [-0.1, -0.05) is 13.8 Å². The molecule has 2 rings (SSSR count). The van der Waals surface area contributed by atoms with Gasteiger partial charge in [0.15, 0.2) is 11.6 Å². The van der Waals surface area contributed by atoms with Crippen LogP contribution in [0.15, 0.2) is 24.8 Å². The maximum atomic E-state index is 6.13. The van der Waals surface area contributed by atoms with E-state index < -0.39 is 0 Å². The average molecular weight is 290 g/mol. The zero-order valence-corrected chi connectivity index (χ0v) is 12.7. The summed E-state index contributed by atoms with van der Waals surface area (Å²) in [6.45, 7) is 5.82. The lowest BCUT2D eigenvalue weighted by molar-refractivity contribution is 0.157. The van der Waals surface area contributed by atoms with E-state index in [-0.39, 0.29) is 5.41 Å². The first kappa shape index (κ1) is 15.2. The highest BCUT2D eigenvalue weighted by Gasteiger charge is 2.19. The molecule has 0 atom stereocenters. The largest absolute Gasteiger partial charge is 0.393 e. The molecule has 0 saturated heterocycles. The third-order valence-electron chi connectivity index (χ3n) is 3.30. The number of methoxy groups -OCH3 is 1. The van der Waals surface area contributed by atoms with Crippen LogP contribution in [0.5, 0.6) is 0 Å². The van der Waals surface area contributed by atoms with Crippen molar-refractivity contribution in [2.24, 2.45) is 5.41 Å². The van der Waals surface area contributed by atoms with E-state index in [1.54, 1.807) is 24.2 Å². The van der Waals surface area contributed by atoms with Crippen molar-refractivity contribution in [1.29, 1.82) is 0 Å². The zero-order chi connectivity index (χ0) is 15.3. The number of rotatable bonds is 7. The van der Waals surface area contributed by atoms with Crippen LogP contribution in [0, 0.1) is 5.41 Å². The molecule has 0 fully saturated rings. The Bertz CT molecular complexity index is 567. The van der Waals surface area contributed by atoms with E-state index >= 15 is 0 Å². The number of aromatic nitrogens is 4. The molecule has 3 N–H and O–H groups in total. The molecule has 114 valence electrons. The van der Waals surface area contributed by atoms with Gasteiger partial charge in [0.2, 0.25) is 0 Å². The number of nitrogens with zero attached hydrogens (tertiary/aromatic N) is 4. The molecule has 0 spiro atoms. The molecule has 0 saturated carbocycles. The van der Waals surface area contributed by atoms with Crippen molar-refractivity contribution in [2.75, 3.05) is 31.3 Å². The Kier molecular flexibility index (Phi) is 4.74. The molecule has 0 aromatic carbocycles. The highest BCUT2D eigenvalue weighted by molar-refractivity contribution is 5.68. The van der Waals surface area contributed by atoms with Crippen LogP contribution in [0.3, 0.4) is 0 Å². The van der Waals surface area contributed by atoms with Gasteiger partial charge in [-0.25, -0.2) is 14.6 Å². The molecule has 0 amide bonds. The molecule has 2 heterocycles. The van der Waals surface area contributed by atoms with E-state index in [9.17, 15) is 0 Å². The van der Waals surface area contributed by atoms with Gasteiger partial charge in [-0.15, -0.1) is 0 Å². The molecule has 0 aliphatic rings. The van der Waals surface area contributed by atoms with E-state index in [0.29, 0.717) is 17.3 Å². The van der Waals surface area contributed by atoms with Gasteiger partial charge >= 0.3 is 0 Å². The van der Waals surface area contributed by atoms with E-state index in [4.69, 9.17) is 10.5 Å². The van der Waals surface area contributed by atoms with Crippen LogP contribution in [0.2, 0.25) is 0 Å². The molecule has 0 aliphatic carbocycles. The number of hydrogen-bond donors (Lipinski definition) is 2. The number of ether oxygens (including phenoxy) is 1. The van der Waals surface area contributed by atoms with E-state index in [2.05, 4.69) is 34.2 Å². The quantitative estimate of drug-likeness (QED) is 0.807. The summed E-state index contributed by atoms with van der Waals surface area (Å²) < 4.78 is 6.76. The predicted molar refractivity (Wildman–Crippen MR) is 82.3 cm³/mol. The zero-order valence-electron chi connectivity index (χ0n) is 12.7. The van der Waals surface area contributed by atoms with Crippen molar-refractivity contribution in [3.05, 3.63) is 24.8 Å². The number of nitrogens with one attached hydrogen (secondary N) is 1. The average Bonchev–Trinajstić information content (AvgIpc) is 2.98. The predicted octanol–water partition coefficient (Wildman–Crippen LogP) is 1.72. The summed E-state index contributed by atoms with van der Waals surface area (Å²) in [4.78, 5) is 8.39. The lowest BCUT2D eigenvalue weighted by atomic mass is 9.90. The molecule has 21 heavy (non-hydrogen) atoms. The SMILES string of the molecule is COCCC(C)(C)CNc1ncnc(-n2cccn2)c1N. The Morgan fingerprint density at radius 3 is 2.86 bits per heavy atom. The standard InChI is InChI=1S/C14H22N6O/c1-14(2,5-8-21-3)9-16-12-11(15)13(18-10-17-12)20-7-4-6-19-20/h4,6-7,10H,5,8-9,15H2,1-3H3,(H,16,17,18). The number of hydrogen-bond acceptors (Lipinski definition) is 6. The van der Waals surface area contributed by atoms with Gasteiger partial charge in [0.25, 0.3) is 0 Å². The Balaban J connectivity index is 2.09. The molecule has 7 nitrogen and oxygen atoms in total. The van der Waals surface area contributed by atoms with Crippen LogP contribution in [0.1, 0.15) is 20.3 Å². The molecule has 0 bridgehead atoms. The summed E-state index contributed by atoms with van der Waals surface area (Å²) in [6, 6.07) is 1.82. The Morgan fingerprint density at radius 1 is 1.38 bits per heavy atom. The first-order valence-corrected chi connectivity index (χ1v) is 6.87. The van der Waals surface area contributed by atoms with E-state index in [1.807, 2.05) is 6.07 Å². The Morgan fingerprint density at radius 2 is 2.19 bits per heavy atom. The first-order valence-electron chi connectivity index (χ1n) is 6.87. The third-order valence-corrected chi connectivity index (χ3v) is 3.30. The minimum absolute atomic E-state index is 0.0826. The second-order valence-electron chi connectivity index (χ2n) is 5.67. The molecular weight excluding hydrogens is 268 g/mol. The second kappa shape index (κ2) is 6.53. The highest BCUT2D eigenvalue weighted by atomic mass is 16.5. The summed E-state index contributed by atoms with van der Waals surface area (Å²) in [5, 5.41) is 7.43. The third kappa shape index (κ3) is 3.91. The Labute approximate surface area is 124 Å². The minimum atomic E-state index is 0.0826. The van der Waals surface area contributed by atoms with Gasteiger partial charge in [-0.3, -0.25) is 0 Å². The van der Waals surface area contributed by atoms with Crippen molar-refractivity contribution in [3.63, 3.8) is 0 Å². The maximum absolute atomic E-state index is 6.13. The highest BCUT2D eigenvalue weighted by Crippen LogP contribution is 2.24. The molecule has 0 aliphatic heterocycles. The number of nitrogen functional groups attached to an aromatic ring is 1. The molecular formula is C14H22N6O. The Hall–Kier alpha value is -2.15. The summed E-state index contributed by atoms with van der Waals surface area (Å²) in [5.74, 6) is 1.20. The lowest BCUT2D eigenvalue weighted by Crippen LogP contribution is -2.25. The smallest absolute Gasteiger partial charge is 0.181 e. The molecule has 2 aromatic heterocycles. The van der Waals surface area contributed by atoms with Crippen molar-refractivity contribution in [3.8, 4) is 5.82 Å². The maximum Gasteiger partial charge on any atom is 0.181 e. The van der Waals surface area contributed by atoms with Crippen molar-refractivity contribution in [2.45, 2.75) is 20.3 Å². The summed E-state index contributed by atoms with van der Waals surface area (Å²) in [7, 11) is 1.71. The van der Waals surface area contributed by atoms with Crippen LogP contribution >= 0.6 is 0 Å². The molecule has 7 heteroatoms. The van der Waals surface area contributed by atoms with Gasteiger partial charge < -0.3 is 15.8 Å². The van der Waals surface area contributed by atoms with Crippen molar-refractivity contribution in [1.82, 2.24) is 19.7 Å². The minimum Gasteiger partial charge on any atom is -0.393 e. The number of nitrogens with two attached hydrogens (primary N) is 1. The van der Waals surface area contributed by atoms with Crippen molar-refractivity contribution >= 4 is 11.5 Å². The van der Waals surface area contributed by atoms with Gasteiger partial charge in [0, 0.05) is 32.7 Å². The summed E-state index contributed by atoms with van der Waals surface area (Å²) >= 11 is 0. The molecule has 0 unspecified atom stereocenters. The number of anilines is 2. The van der Waals surface area contributed by atoms with E-state index in [1.165, 1.54) is 6.33 Å². The fourth-order valence-corrected chi connectivity index (χ4v) is 1.89. The molecule has 0 radical (unpaired) electrons. The fraction of sp³-hybridized carbons (Fsp3) is 0.500.